The molecule has 0 aromatic heterocycles. The predicted molar refractivity (Wildman–Crippen MR) is 45.7 cm³/mol. The average Bonchev–Trinajstić information content (AvgIpc) is 2.07. The van der Waals surface area contributed by atoms with Gasteiger partial charge in [-0.05, 0) is 0 Å². The predicted octanol–water partition coefficient (Wildman–Crippen LogP) is -0.0484. The Kier molecular flexibility index (Phi) is 4.67. The van der Waals surface area contributed by atoms with Crippen LogP contribution in [0, 0.1) is 34.6 Å². The fourth-order valence-corrected chi connectivity index (χ4v) is 1.41. The Hall–Kier alpha value is 0.986. The van der Waals surface area contributed by atoms with E-state index in [9.17, 15) is 0 Å². The van der Waals surface area contributed by atoms with E-state index in [4.69, 9.17) is 0 Å². The van der Waals surface area contributed by atoms with Crippen molar-refractivity contribution in [3.63, 3.8) is 0 Å². The minimum absolute atomic E-state index is 0. The summed E-state index contributed by atoms with van der Waals surface area (Å²) in [6.07, 6.45) is 0. The molecule has 0 aliphatic heterocycles. The van der Waals surface area contributed by atoms with E-state index in [2.05, 4.69) is 34.6 Å². The van der Waals surface area contributed by atoms with Crippen molar-refractivity contribution in [1.82, 2.24) is 0 Å². The van der Waals surface area contributed by atoms with Crippen molar-refractivity contribution in [2.75, 3.05) is 0 Å². The molecule has 1 rings (SSSR count). The van der Waals surface area contributed by atoms with Crippen LogP contribution >= 0.6 is 0 Å². The first-order valence-corrected chi connectivity index (χ1v) is 3.75. The third kappa shape index (κ3) is 2.01. The SMILES string of the molecule is Cc1c(C)c(C)[c-](C)c1C.[K+]. The van der Waals surface area contributed by atoms with Gasteiger partial charge in [0.25, 0.3) is 0 Å². The van der Waals surface area contributed by atoms with Crippen LogP contribution in [0.25, 0.3) is 0 Å². The first kappa shape index (κ1) is 12.0. The first-order chi connectivity index (χ1) is 4.55. The van der Waals surface area contributed by atoms with Gasteiger partial charge in [0.05, 0.1) is 0 Å². The van der Waals surface area contributed by atoms with E-state index in [1.807, 2.05) is 0 Å². The van der Waals surface area contributed by atoms with Crippen molar-refractivity contribution in [2.45, 2.75) is 34.6 Å². The standard InChI is InChI=1S/C10H15.K/c1-6-7(2)9(4)10(5)8(6)3;/h1-5H3;/q-1;+1. The fourth-order valence-electron chi connectivity index (χ4n) is 1.41. The van der Waals surface area contributed by atoms with Crippen LogP contribution in [0.1, 0.15) is 27.8 Å². The van der Waals surface area contributed by atoms with Gasteiger partial charge in [0.2, 0.25) is 0 Å². The molecule has 0 atom stereocenters. The van der Waals surface area contributed by atoms with Gasteiger partial charge in [-0.3, -0.25) is 0 Å². The molecule has 0 bridgehead atoms. The molecular weight excluding hydrogens is 159 g/mol. The van der Waals surface area contributed by atoms with Gasteiger partial charge in [0.1, 0.15) is 0 Å². The summed E-state index contributed by atoms with van der Waals surface area (Å²) in [7, 11) is 0. The van der Waals surface area contributed by atoms with Gasteiger partial charge >= 0.3 is 51.4 Å². The van der Waals surface area contributed by atoms with Crippen LogP contribution in [-0.2, 0) is 0 Å². The van der Waals surface area contributed by atoms with E-state index in [1.165, 1.54) is 27.8 Å². The van der Waals surface area contributed by atoms with Gasteiger partial charge in [-0.1, -0.05) is 34.6 Å². The van der Waals surface area contributed by atoms with Crippen LogP contribution in [0.2, 0.25) is 0 Å². The summed E-state index contributed by atoms with van der Waals surface area (Å²) in [4.78, 5) is 0. The van der Waals surface area contributed by atoms with Crippen LogP contribution in [0.3, 0.4) is 0 Å². The molecule has 1 aromatic carbocycles. The Morgan fingerprint density at radius 3 is 1.18 bits per heavy atom. The van der Waals surface area contributed by atoms with Crippen LogP contribution in [-0.4, -0.2) is 0 Å². The van der Waals surface area contributed by atoms with E-state index in [0.717, 1.165) is 0 Å². The van der Waals surface area contributed by atoms with Crippen molar-refractivity contribution >= 4 is 0 Å². The quantitative estimate of drug-likeness (QED) is 0.382. The van der Waals surface area contributed by atoms with E-state index in [-0.39, 0.29) is 51.4 Å². The third-order valence-corrected chi connectivity index (χ3v) is 2.81. The van der Waals surface area contributed by atoms with Crippen molar-refractivity contribution in [1.29, 1.82) is 0 Å². The maximum absolute atomic E-state index is 2.20. The molecular formula is C10H15K. The molecule has 1 heteroatoms. The molecule has 0 spiro atoms. The molecule has 1 aromatic rings. The normalized spacial score (nSPS) is 9.55. The summed E-state index contributed by atoms with van der Waals surface area (Å²) in [6.45, 7) is 11.0. The first-order valence-electron chi connectivity index (χ1n) is 3.75. The Labute approximate surface area is 112 Å². The van der Waals surface area contributed by atoms with Crippen LogP contribution < -0.4 is 51.4 Å². The molecule has 0 nitrogen and oxygen atoms in total. The van der Waals surface area contributed by atoms with Gasteiger partial charge in [-0.15, -0.1) is 0 Å². The minimum Gasteiger partial charge on any atom is -0.196 e. The zero-order valence-corrected chi connectivity index (χ0v) is 11.6. The van der Waals surface area contributed by atoms with Crippen LogP contribution in [0.15, 0.2) is 0 Å². The third-order valence-electron chi connectivity index (χ3n) is 2.81. The van der Waals surface area contributed by atoms with E-state index in [1.54, 1.807) is 0 Å². The molecule has 0 fully saturated rings. The summed E-state index contributed by atoms with van der Waals surface area (Å²) >= 11 is 0. The molecule has 0 saturated heterocycles. The summed E-state index contributed by atoms with van der Waals surface area (Å²) in [5, 5.41) is 0. The minimum atomic E-state index is 0. The smallest absolute Gasteiger partial charge is 0.196 e. The maximum atomic E-state index is 2.20. The molecule has 0 N–H and O–H groups in total. The van der Waals surface area contributed by atoms with Gasteiger partial charge in [0.15, 0.2) is 0 Å². The summed E-state index contributed by atoms with van der Waals surface area (Å²) < 4.78 is 0. The summed E-state index contributed by atoms with van der Waals surface area (Å²) in [5.41, 5.74) is 7.34. The number of hydrogen-bond donors (Lipinski definition) is 0. The zero-order chi connectivity index (χ0) is 7.89. The van der Waals surface area contributed by atoms with E-state index >= 15 is 0 Å². The van der Waals surface area contributed by atoms with Crippen molar-refractivity contribution in [3.05, 3.63) is 27.8 Å². The molecule has 0 heterocycles. The second kappa shape index (κ2) is 4.29. The fraction of sp³-hybridized carbons (Fsp3) is 0.500. The van der Waals surface area contributed by atoms with Gasteiger partial charge in [0, 0.05) is 0 Å². The topological polar surface area (TPSA) is 0 Å². The van der Waals surface area contributed by atoms with E-state index in [0.29, 0.717) is 0 Å². The summed E-state index contributed by atoms with van der Waals surface area (Å²) in [6, 6.07) is 0. The van der Waals surface area contributed by atoms with Crippen LogP contribution in [0.5, 0.6) is 0 Å². The zero-order valence-electron chi connectivity index (χ0n) is 8.50. The Morgan fingerprint density at radius 1 is 0.818 bits per heavy atom. The summed E-state index contributed by atoms with van der Waals surface area (Å²) in [5.74, 6) is 0. The van der Waals surface area contributed by atoms with Crippen molar-refractivity contribution in [2.24, 2.45) is 0 Å². The maximum Gasteiger partial charge on any atom is 1.00 e. The molecule has 11 heavy (non-hydrogen) atoms. The number of hydrogen-bond acceptors (Lipinski definition) is 0. The Morgan fingerprint density at radius 2 is 1.09 bits per heavy atom. The van der Waals surface area contributed by atoms with Crippen LogP contribution in [0.4, 0.5) is 0 Å². The average molecular weight is 174 g/mol. The van der Waals surface area contributed by atoms with Crippen molar-refractivity contribution in [3.8, 4) is 0 Å². The van der Waals surface area contributed by atoms with Gasteiger partial charge in [-0.25, -0.2) is 0 Å². The largest absolute Gasteiger partial charge is 1.00 e. The molecule has 0 aliphatic carbocycles. The van der Waals surface area contributed by atoms with Gasteiger partial charge in [-0.2, -0.15) is 27.8 Å². The molecule has 0 unspecified atom stereocenters. The molecule has 0 aliphatic rings. The van der Waals surface area contributed by atoms with Gasteiger partial charge < -0.3 is 0 Å². The van der Waals surface area contributed by atoms with E-state index < -0.39 is 0 Å². The second-order valence-electron chi connectivity index (χ2n) is 3.12. The monoisotopic (exact) mass is 174 g/mol. The molecule has 0 amide bonds. The number of rotatable bonds is 0. The Balaban J connectivity index is 0.000001000. The molecule has 0 saturated carbocycles. The molecule has 56 valence electrons. The molecule has 0 radical (unpaired) electrons. The Bertz CT molecular complexity index is 176. The van der Waals surface area contributed by atoms with Crippen molar-refractivity contribution < 1.29 is 51.4 Å². The second-order valence-corrected chi connectivity index (χ2v) is 3.12.